The largest absolute Gasteiger partial charge is 0.296 e. The second-order valence-electron chi connectivity index (χ2n) is 5.48. The van der Waals surface area contributed by atoms with Gasteiger partial charge in [0.15, 0.2) is 0 Å². The van der Waals surface area contributed by atoms with Crippen LogP contribution in [-0.2, 0) is 6.54 Å². The van der Waals surface area contributed by atoms with Crippen molar-refractivity contribution in [3.05, 3.63) is 48.0 Å². The van der Waals surface area contributed by atoms with Gasteiger partial charge in [0.25, 0.3) is 0 Å². The van der Waals surface area contributed by atoms with Crippen LogP contribution in [0.5, 0.6) is 0 Å². The highest BCUT2D eigenvalue weighted by atomic mass is 15.2. The molecule has 1 saturated heterocycles. The number of fused-ring (bicyclic) bond motifs is 1. The molecule has 1 heteroatoms. The second-order valence-corrected chi connectivity index (χ2v) is 5.48. The van der Waals surface area contributed by atoms with Crippen molar-refractivity contribution in [3.63, 3.8) is 0 Å². The van der Waals surface area contributed by atoms with Crippen molar-refractivity contribution >= 4 is 0 Å². The Morgan fingerprint density at radius 1 is 1.24 bits per heavy atom. The predicted molar refractivity (Wildman–Crippen MR) is 71.7 cm³/mol. The van der Waals surface area contributed by atoms with Crippen LogP contribution in [0.3, 0.4) is 0 Å². The number of hydrogen-bond donors (Lipinski definition) is 0. The lowest BCUT2D eigenvalue weighted by Gasteiger charge is -2.41. The van der Waals surface area contributed by atoms with E-state index in [1.807, 2.05) is 0 Å². The highest BCUT2D eigenvalue weighted by Crippen LogP contribution is 2.37. The van der Waals surface area contributed by atoms with Crippen molar-refractivity contribution in [2.45, 2.75) is 32.4 Å². The number of piperidine rings is 1. The molecule has 0 unspecified atom stereocenters. The summed E-state index contributed by atoms with van der Waals surface area (Å²) in [4.78, 5) is 2.66. The van der Waals surface area contributed by atoms with E-state index < -0.39 is 0 Å². The molecule has 2 aliphatic rings. The fourth-order valence-corrected chi connectivity index (χ4v) is 3.42. The fourth-order valence-electron chi connectivity index (χ4n) is 3.42. The number of allylic oxidation sites excluding steroid dienone is 2. The van der Waals surface area contributed by atoms with Gasteiger partial charge in [-0.15, -0.1) is 0 Å². The smallest absolute Gasteiger partial charge is 0.0236 e. The minimum absolute atomic E-state index is 0.726. The molecule has 1 aromatic rings. The predicted octanol–water partition coefficient (Wildman–Crippen LogP) is 3.47. The Morgan fingerprint density at radius 2 is 2.06 bits per heavy atom. The topological polar surface area (TPSA) is 3.24 Å². The maximum atomic E-state index is 2.66. The van der Waals surface area contributed by atoms with Crippen molar-refractivity contribution in [2.24, 2.45) is 11.8 Å². The normalized spacial score (nSPS) is 32.6. The van der Waals surface area contributed by atoms with Gasteiger partial charge < -0.3 is 0 Å². The highest BCUT2D eigenvalue weighted by Gasteiger charge is 2.35. The van der Waals surface area contributed by atoms with Crippen LogP contribution in [0, 0.1) is 11.8 Å². The summed E-state index contributed by atoms with van der Waals surface area (Å²) in [6, 6.07) is 11.6. The number of hydrogen-bond acceptors (Lipinski definition) is 1. The van der Waals surface area contributed by atoms with Gasteiger partial charge in [-0.05, 0) is 43.7 Å². The molecular formula is C16H21N. The third kappa shape index (κ3) is 2.16. The summed E-state index contributed by atoms with van der Waals surface area (Å²) in [5, 5.41) is 0. The van der Waals surface area contributed by atoms with Gasteiger partial charge >= 0.3 is 0 Å². The van der Waals surface area contributed by atoms with E-state index in [2.05, 4.69) is 54.3 Å². The molecule has 0 N–H and O–H groups in total. The van der Waals surface area contributed by atoms with Gasteiger partial charge in [-0.1, -0.05) is 42.5 Å². The first-order chi connectivity index (χ1) is 8.34. The molecule has 1 aliphatic heterocycles. The van der Waals surface area contributed by atoms with E-state index in [4.69, 9.17) is 0 Å². The lowest BCUT2D eigenvalue weighted by atomic mass is 9.82. The van der Waals surface area contributed by atoms with E-state index >= 15 is 0 Å². The molecule has 90 valence electrons. The van der Waals surface area contributed by atoms with E-state index in [9.17, 15) is 0 Å². The Labute approximate surface area is 104 Å². The molecule has 0 spiro atoms. The summed E-state index contributed by atoms with van der Waals surface area (Å²) in [5.74, 6) is 1.73. The number of benzene rings is 1. The summed E-state index contributed by atoms with van der Waals surface area (Å²) < 4.78 is 0. The lowest BCUT2D eigenvalue weighted by molar-refractivity contribution is 0.0775. The molecule has 1 heterocycles. The van der Waals surface area contributed by atoms with Crippen LogP contribution in [0.2, 0.25) is 0 Å². The molecule has 17 heavy (non-hydrogen) atoms. The van der Waals surface area contributed by atoms with Gasteiger partial charge in [0.2, 0.25) is 0 Å². The minimum atomic E-state index is 0.726. The van der Waals surface area contributed by atoms with Crippen molar-refractivity contribution in [1.29, 1.82) is 0 Å². The molecular weight excluding hydrogens is 206 g/mol. The van der Waals surface area contributed by atoms with E-state index in [1.54, 1.807) is 0 Å². The Kier molecular flexibility index (Phi) is 3.02. The SMILES string of the molecule is C[C@H]1[C@@H]2CC=C[C@H]2CCN1Cc1ccccc1. The van der Waals surface area contributed by atoms with Gasteiger partial charge in [-0.25, -0.2) is 0 Å². The fraction of sp³-hybridized carbons (Fsp3) is 0.500. The van der Waals surface area contributed by atoms with Gasteiger partial charge in [-0.3, -0.25) is 4.90 Å². The zero-order valence-corrected chi connectivity index (χ0v) is 10.5. The van der Waals surface area contributed by atoms with Crippen LogP contribution >= 0.6 is 0 Å². The van der Waals surface area contributed by atoms with Crippen LogP contribution < -0.4 is 0 Å². The van der Waals surface area contributed by atoms with E-state index in [1.165, 1.54) is 24.9 Å². The zero-order chi connectivity index (χ0) is 11.7. The van der Waals surface area contributed by atoms with E-state index in [-0.39, 0.29) is 0 Å². The molecule has 1 aliphatic carbocycles. The number of likely N-dealkylation sites (tertiary alicyclic amines) is 1. The average Bonchev–Trinajstić information content (AvgIpc) is 2.83. The zero-order valence-electron chi connectivity index (χ0n) is 10.5. The Morgan fingerprint density at radius 3 is 2.88 bits per heavy atom. The van der Waals surface area contributed by atoms with Gasteiger partial charge in [0.05, 0.1) is 0 Å². The molecule has 0 bridgehead atoms. The standard InChI is InChI=1S/C16H21N/c1-13-16-9-5-8-15(16)10-11-17(13)12-14-6-3-2-4-7-14/h2-8,13,15-16H,9-12H2,1H3/t13-,15-,16-/m0/s1. The van der Waals surface area contributed by atoms with Crippen molar-refractivity contribution < 1.29 is 0 Å². The van der Waals surface area contributed by atoms with E-state index in [0.717, 1.165) is 24.4 Å². The lowest BCUT2D eigenvalue weighted by Crippen LogP contribution is -2.45. The molecule has 0 radical (unpaired) electrons. The molecule has 0 saturated carbocycles. The first-order valence-corrected chi connectivity index (χ1v) is 6.79. The first-order valence-electron chi connectivity index (χ1n) is 6.79. The first kappa shape index (κ1) is 11.0. The summed E-state index contributed by atoms with van der Waals surface area (Å²) >= 11 is 0. The molecule has 0 amide bonds. The van der Waals surface area contributed by atoms with Gasteiger partial charge in [0, 0.05) is 12.6 Å². The van der Waals surface area contributed by atoms with E-state index in [0.29, 0.717) is 0 Å². The number of nitrogens with zero attached hydrogens (tertiary/aromatic N) is 1. The monoisotopic (exact) mass is 227 g/mol. The van der Waals surface area contributed by atoms with Gasteiger partial charge in [-0.2, -0.15) is 0 Å². The molecule has 1 aromatic carbocycles. The van der Waals surface area contributed by atoms with Crippen LogP contribution in [0.25, 0.3) is 0 Å². The van der Waals surface area contributed by atoms with Crippen molar-refractivity contribution in [1.82, 2.24) is 4.90 Å². The number of rotatable bonds is 2. The molecule has 1 fully saturated rings. The Bertz CT molecular complexity index is 395. The molecule has 0 aromatic heterocycles. The maximum absolute atomic E-state index is 2.66. The van der Waals surface area contributed by atoms with Crippen molar-refractivity contribution in [3.8, 4) is 0 Å². The Balaban J connectivity index is 1.69. The third-order valence-corrected chi connectivity index (χ3v) is 4.52. The van der Waals surface area contributed by atoms with Crippen LogP contribution in [-0.4, -0.2) is 17.5 Å². The summed E-state index contributed by atoms with van der Waals surface area (Å²) in [6.45, 7) is 4.78. The molecule has 3 atom stereocenters. The quantitative estimate of drug-likeness (QED) is 0.699. The maximum Gasteiger partial charge on any atom is 0.0236 e. The summed E-state index contributed by atoms with van der Waals surface area (Å²) in [6.07, 6.45) is 7.47. The summed E-state index contributed by atoms with van der Waals surface area (Å²) in [7, 11) is 0. The van der Waals surface area contributed by atoms with Crippen LogP contribution in [0.1, 0.15) is 25.3 Å². The van der Waals surface area contributed by atoms with Crippen molar-refractivity contribution in [2.75, 3.05) is 6.54 Å². The Hall–Kier alpha value is -1.08. The minimum Gasteiger partial charge on any atom is -0.296 e. The van der Waals surface area contributed by atoms with Crippen LogP contribution in [0.15, 0.2) is 42.5 Å². The molecule has 3 rings (SSSR count). The second kappa shape index (κ2) is 4.66. The molecule has 1 nitrogen and oxygen atoms in total. The summed E-state index contributed by atoms with van der Waals surface area (Å²) in [5.41, 5.74) is 1.45. The van der Waals surface area contributed by atoms with Gasteiger partial charge in [0.1, 0.15) is 0 Å². The highest BCUT2D eigenvalue weighted by molar-refractivity contribution is 5.15. The average molecular weight is 227 g/mol. The third-order valence-electron chi connectivity index (χ3n) is 4.52. The van der Waals surface area contributed by atoms with Crippen LogP contribution in [0.4, 0.5) is 0 Å².